The van der Waals surface area contributed by atoms with Crippen molar-refractivity contribution in [2.24, 2.45) is 0 Å². The van der Waals surface area contributed by atoms with E-state index in [1.54, 1.807) is 30.2 Å². The Balaban J connectivity index is 1.96. The highest BCUT2D eigenvalue weighted by atomic mass is 35.5. The molecule has 0 saturated carbocycles. The predicted octanol–water partition coefficient (Wildman–Crippen LogP) is 3.02. The number of rotatable bonds is 8. The molecule has 0 atom stereocenters. The molecule has 0 radical (unpaired) electrons. The van der Waals surface area contributed by atoms with Crippen LogP contribution in [0.1, 0.15) is 37.6 Å². The van der Waals surface area contributed by atoms with Crippen molar-refractivity contribution in [2.75, 3.05) is 57.5 Å². The highest BCUT2D eigenvalue weighted by molar-refractivity contribution is 7.19. The van der Waals surface area contributed by atoms with Crippen molar-refractivity contribution >= 4 is 45.3 Å². The van der Waals surface area contributed by atoms with Gasteiger partial charge in [-0.2, -0.15) is 0 Å². The number of anilines is 2. The van der Waals surface area contributed by atoms with E-state index in [9.17, 15) is 9.59 Å². The fourth-order valence-corrected chi connectivity index (χ4v) is 4.72. The molecule has 1 fully saturated rings. The van der Waals surface area contributed by atoms with Gasteiger partial charge in [0.25, 0.3) is 5.91 Å². The van der Waals surface area contributed by atoms with Gasteiger partial charge in [-0.15, -0.1) is 11.3 Å². The van der Waals surface area contributed by atoms with Gasteiger partial charge >= 0.3 is 0 Å². The van der Waals surface area contributed by atoms with E-state index < -0.39 is 0 Å². The zero-order valence-electron chi connectivity index (χ0n) is 17.2. The van der Waals surface area contributed by atoms with Crippen molar-refractivity contribution in [2.45, 2.75) is 13.3 Å². The average molecular weight is 451 g/mol. The largest absolute Gasteiger partial charge is 0.397 e. The summed E-state index contributed by atoms with van der Waals surface area (Å²) >= 11 is 7.26. The number of hydrogen-bond donors (Lipinski definition) is 3. The van der Waals surface area contributed by atoms with Crippen LogP contribution in [0.4, 0.5) is 10.7 Å². The van der Waals surface area contributed by atoms with Crippen LogP contribution in [-0.2, 0) is 4.74 Å². The highest BCUT2D eigenvalue weighted by Gasteiger charge is 2.30. The minimum absolute atomic E-state index is 0.147. The molecule has 7 nitrogen and oxygen atoms in total. The quantitative estimate of drug-likeness (QED) is 0.422. The van der Waals surface area contributed by atoms with Gasteiger partial charge in [-0.05, 0) is 37.1 Å². The van der Waals surface area contributed by atoms with E-state index in [1.807, 2.05) is 6.92 Å². The van der Waals surface area contributed by atoms with Gasteiger partial charge in [0.1, 0.15) is 9.88 Å². The van der Waals surface area contributed by atoms with Crippen LogP contribution in [0.25, 0.3) is 0 Å². The standard InChI is InChI=1S/C21H27ClN4O3S/c1-13-12-14(22)4-5-15(13)18(27)19-17(23)16(20(30-19)25-6-3-11-29-2)21(28)26-9-7-24-8-10-26/h4-5,12,24-25H,3,6-11,23H2,1-2H3. The van der Waals surface area contributed by atoms with Gasteiger partial charge in [-0.1, -0.05) is 11.6 Å². The molecule has 1 saturated heterocycles. The topological polar surface area (TPSA) is 96.7 Å². The summed E-state index contributed by atoms with van der Waals surface area (Å²) in [5.41, 5.74) is 8.31. The van der Waals surface area contributed by atoms with Gasteiger partial charge in [-0.3, -0.25) is 9.59 Å². The third-order valence-electron chi connectivity index (χ3n) is 5.01. The number of piperazine rings is 1. The SMILES string of the molecule is COCCCNc1sc(C(=O)c2ccc(Cl)cc2C)c(N)c1C(=O)N1CCNCC1. The van der Waals surface area contributed by atoms with Crippen molar-refractivity contribution in [1.29, 1.82) is 0 Å². The normalized spacial score (nSPS) is 14.0. The number of hydrogen-bond acceptors (Lipinski definition) is 7. The molecule has 9 heteroatoms. The summed E-state index contributed by atoms with van der Waals surface area (Å²) in [7, 11) is 1.65. The molecule has 162 valence electrons. The molecule has 0 spiro atoms. The van der Waals surface area contributed by atoms with Crippen LogP contribution in [0, 0.1) is 6.92 Å². The molecule has 0 aliphatic carbocycles. The van der Waals surface area contributed by atoms with E-state index in [1.165, 1.54) is 11.3 Å². The fraction of sp³-hybridized carbons (Fsp3) is 0.429. The fourth-order valence-electron chi connectivity index (χ4n) is 3.40. The van der Waals surface area contributed by atoms with Crippen molar-refractivity contribution in [3.05, 3.63) is 44.8 Å². The zero-order chi connectivity index (χ0) is 21.7. The summed E-state index contributed by atoms with van der Waals surface area (Å²) in [6.45, 7) is 5.74. The number of amides is 1. The number of halogens is 1. The van der Waals surface area contributed by atoms with E-state index in [0.717, 1.165) is 25.1 Å². The van der Waals surface area contributed by atoms with E-state index in [-0.39, 0.29) is 17.4 Å². The summed E-state index contributed by atoms with van der Waals surface area (Å²) < 4.78 is 5.09. The smallest absolute Gasteiger partial charge is 0.259 e. The molecule has 0 bridgehead atoms. The van der Waals surface area contributed by atoms with Gasteiger partial charge < -0.3 is 26.0 Å². The number of ether oxygens (including phenoxy) is 1. The zero-order valence-corrected chi connectivity index (χ0v) is 18.8. The van der Waals surface area contributed by atoms with E-state index in [0.29, 0.717) is 52.3 Å². The second kappa shape index (κ2) is 10.3. The third kappa shape index (κ3) is 4.95. The Kier molecular flexibility index (Phi) is 7.71. The molecule has 2 aromatic rings. The van der Waals surface area contributed by atoms with Crippen molar-refractivity contribution in [3.8, 4) is 0 Å². The summed E-state index contributed by atoms with van der Waals surface area (Å²) in [5, 5.41) is 7.71. The Hall–Kier alpha value is -2.13. The Labute approximate surface area is 185 Å². The number of ketones is 1. The van der Waals surface area contributed by atoms with Crippen LogP contribution in [-0.4, -0.2) is 63.0 Å². The Morgan fingerprint density at radius 3 is 2.73 bits per heavy atom. The number of carbonyl (C=O) groups is 2. The Morgan fingerprint density at radius 1 is 1.33 bits per heavy atom. The number of carbonyl (C=O) groups excluding carboxylic acids is 2. The molecule has 1 amide bonds. The molecule has 30 heavy (non-hydrogen) atoms. The van der Waals surface area contributed by atoms with Crippen LogP contribution in [0.2, 0.25) is 5.02 Å². The van der Waals surface area contributed by atoms with Crippen LogP contribution in [0.3, 0.4) is 0 Å². The summed E-state index contributed by atoms with van der Waals surface area (Å²) in [6.07, 6.45) is 0.773. The van der Waals surface area contributed by atoms with Gasteiger partial charge in [0.2, 0.25) is 5.78 Å². The molecule has 2 heterocycles. The molecular weight excluding hydrogens is 424 g/mol. The minimum Gasteiger partial charge on any atom is -0.397 e. The molecule has 1 aliphatic rings. The molecule has 0 unspecified atom stereocenters. The van der Waals surface area contributed by atoms with Crippen molar-refractivity contribution in [3.63, 3.8) is 0 Å². The second-order valence-corrected chi connectivity index (χ2v) is 8.61. The number of aryl methyl sites for hydroxylation is 1. The molecular formula is C21H27ClN4O3S. The molecule has 1 aliphatic heterocycles. The lowest BCUT2D eigenvalue weighted by Crippen LogP contribution is -2.46. The Morgan fingerprint density at radius 2 is 2.07 bits per heavy atom. The monoisotopic (exact) mass is 450 g/mol. The number of nitrogen functional groups attached to an aromatic ring is 1. The lowest BCUT2D eigenvalue weighted by Gasteiger charge is -2.27. The van der Waals surface area contributed by atoms with E-state index in [4.69, 9.17) is 22.1 Å². The average Bonchev–Trinajstić information content (AvgIpc) is 3.07. The number of nitrogens with zero attached hydrogens (tertiary/aromatic N) is 1. The Bertz CT molecular complexity index is 925. The van der Waals surface area contributed by atoms with Crippen LogP contribution in [0.15, 0.2) is 18.2 Å². The summed E-state index contributed by atoms with van der Waals surface area (Å²) in [5.74, 6) is -0.350. The lowest BCUT2D eigenvalue weighted by atomic mass is 10.0. The van der Waals surface area contributed by atoms with Crippen LogP contribution in [0.5, 0.6) is 0 Å². The van der Waals surface area contributed by atoms with Gasteiger partial charge in [0, 0.05) is 57.0 Å². The maximum atomic E-state index is 13.2. The first-order chi connectivity index (χ1) is 14.4. The molecule has 3 rings (SSSR count). The summed E-state index contributed by atoms with van der Waals surface area (Å²) in [6, 6.07) is 5.13. The second-order valence-electron chi connectivity index (χ2n) is 7.15. The first-order valence-electron chi connectivity index (χ1n) is 9.90. The number of nitrogens with one attached hydrogen (secondary N) is 2. The highest BCUT2D eigenvalue weighted by Crippen LogP contribution is 2.38. The van der Waals surface area contributed by atoms with Crippen molar-refractivity contribution in [1.82, 2.24) is 10.2 Å². The van der Waals surface area contributed by atoms with Gasteiger partial charge in [-0.25, -0.2) is 0 Å². The van der Waals surface area contributed by atoms with Crippen LogP contribution < -0.4 is 16.4 Å². The van der Waals surface area contributed by atoms with E-state index in [2.05, 4.69) is 10.6 Å². The number of benzene rings is 1. The lowest BCUT2D eigenvalue weighted by molar-refractivity contribution is 0.0738. The third-order valence-corrected chi connectivity index (χ3v) is 6.41. The molecule has 1 aromatic heterocycles. The van der Waals surface area contributed by atoms with Crippen LogP contribution >= 0.6 is 22.9 Å². The van der Waals surface area contributed by atoms with Gasteiger partial charge in [0.05, 0.1) is 11.3 Å². The minimum atomic E-state index is -0.203. The van der Waals surface area contributed by atoms with Crippen molar-refractivity contribution < 1.29 is 14.3 Å². The summed E-state index contributed by atoms with van der Waals surface area (Å²) in [4.78, 5) is 28.6. The van der Waals surface area contributed by atoms with E-state index >= 15 is 0 Å². The first kappa shape index (κ1) is 22.6. The molecule has 4 N–H and O–H groups in total. The predicted molar refractivity (Wildman–Crippen MR) is 122 cm³/mol. The molecule has 1 aromatic carbocycles. The van der Waals surface area contributed by atoms with Gasteiger partial charge in [0.15, 0.2) is 0 Å². The first-order valence-corrected chi connectivity index (χ1v) is 11.1. The number of thiophene rings is 1. The maximum Gasteiger partial charge on any atom is 0.259 e. The number of nitrogens with two attached hydrogens (primary N) is 1. The maximum absolute atomic E-state index is 13.2. The number of methoxy groups -OCH3 is 1.